The van der Waals surface area contributed by atoms with Crippen LogP contribution in [-0.2, 0) is 9.59 Å². The number of carbonyl (C=O) groups is 2. The molecule has 0 saturated carbocycles. The quantitative estimate of drug-likeness (QED) is 0.731. The fraction of sp³-hybridized carbons (Fsp3) is 0.636. The van der Waals surface area contributed by atoms with Gasteiger partial charge in [-0.3, -0.25) is 9.59 Å². The highest BCUT2D eigenvalue weighted by Crippen LogP contribution is 2.32. The first-order valence-electron chi connectivity index (χ1n) is 10.7. The van der Waals surface area contributed by atoms with Crippen molar-refractivity contribution in [3.05, 3.63) is 23.8 Å². The molecule has 2 aliphatic heterocycles. The molecule has 154 valence electrons. The first kappa shape index (κ1) is 20.6. The van der Waals surface area contributed by atoms with Crippen LogP contribution in [0.25, 0.3) is 0 Å². The standard InChI is InChI=1S/C22H33N3O3/c1-18-7-8-20-19(17-18)25(15-16-28-20)22(27)10-9-21(26)23-11-6-14-24-12-4-2-3-5-13-24/h7-8,17H,2-6,9-16H2,1H3,(H,23,26). The monoisotopic (exact) mass is 387 g/mol. The third-order valence-electron chi connectivity index (χ3n) is 5.52. The van der Waals surface area contributed by atoms with Gasteiger partial charge in [-0.05, 0) is 63.5 Å². The number of hydrogen-bond donors (Lipinski definition) is 1. The Morgan fingerprint density at radius 2 is 1.86 bits per heavy atom. The maximum Gasteiger partial charge on any atom is 0.227 e. The van der Waals surface area contributed by atoms with Gasteiger partial charge in [-0.1, -0.05) is 18.9 Å². The van der Waals surface area contributed by atoms with Gasteiger partial charge in [-0.2, -0.15) is 0 Å². The van der Waals surface area contributed by atoms with Gasteiger partial charge in [-0.15, -0.1) is 0 Å². The SMILES string of the molecule is Cc1ccc2c(c1)N(C(=O)CCC(=O)NCCCN1CCCCCC1)CCO2. The lowest BCUT2D eigenvalue weighted by atomic mass is 10.1. The Balaban J connectivity index is 1.37. The molecular weight excluding hydrogens is 354 g/mol. The minimum absolute atomic E-state index is 0.0186. The van der Waals surface area contributed by atoms with Crippen LogP contribution >= 0.6 is 0 Å². The fourth-order valence-corrected chi connectivity index (χ4v) is 3.92. The number of hydrogen-bond acceptors (Lipinski definition) is 4. The smallest absolute Gasteiger partial charge is 0.227 e. The lowest BCUT2D eigenvalue weighted by molar-refractivity contribution is -0.125. The van der Waals surface area contributed by atoms with Crippen molar-refractivity contribution in [3.8, 4) is 5.75 Å². The molecule has 28 heavy (non-hydrogen) atoms. The Morgan fingerprint density at radius 1 is 1.07 bits per heavy atom. The van der Waals surface area contributed by atoms with Crippen molar-refractivity contribution in [1.29, 1.82) is 0 Å². The molecule has 0 radical (unpaired) electrons. The van der Waals surface area contributed by atoms with E-state index in [0.717, 1.165) is 30.0 Å². The maximum atomic E-state index is 12.6. The largest absolute Gasteiger partial charge is 0.490 e. The number of nitrogens with zero attached hydrogens (tertiary/aromatic N) is 2. The summed E-state index contributed by atoms with van der Waals surface area (Å²) >= 11 is 0. The summed E-state index contributed by atoms with van der Waals surface area (Å²) < 4.78 is 5.63. The molecule has 1 N–H and O–H groups in total. The summed E-state index contributed by atoms with van der Waals surface area (Å²) in [5.41, 5.74) is 1.90. The number of likely N-dealkylation sites (tertiary alicyclic amines) is 1. The molecule has 2 heterocycles. The number of carbonyl (C=O) groups excluding carboxylic acids is 2. The minimum Gasteiger partial charge on any atom is -0.490 e. The highest BCUT2D eigenvalue weighted by atomic mass is 16.5. The molecule has 0 aliphatic carbocycles. The molecule has 0 atom stereocenters. The number of benzene rings is 1. The van der Waals surface area contributed by atoms with Crippen LogP contribution in [-0.4, -0.2) is 56.0 Å². The Hall–Kier alpha value is -2.08. The fourth-order valence-electron chi connectivity index (χ4n) is 3.92. The van der Waals surface area contributed by atoms with Crippen LogP contribution in [0.15, 0.2) is 18.2 Å². The number of fused-ring (bicyclic) bond motifs is 1. The summed E-state index contributed by atoms with van der Waals surface area (Å²) in [4.78, 5) is 29.0. The van der Waals surface area contributed by atoms with Gasteiger partial charge in [0.15, 0.2) is 0 Å². The molecule has 0 aromatic heterocycles. The Kier molecular flexibility index (Phi) is 7.71. The third kappa shape index (κ3) is 5.96. The molecule has 0 unspecified atom stereocenters. The summed E-state index contributed by atoms with van der Waals surface area (Å²) in [7, 11) is 0. The van der Waals surface area contributed by atoms with Gasteiger partial charge in [-0.25, -0.2) is 0 Å². The molecule has 2 aliphatic rings. The van der Waals surface area contributed by atoms with E-state index in [4.69, 9.17) is 4.74 Å². The molecule has 1 aromatic carbocycles. The number of ether oxygens (including phenoxy) is 1. The molecule has 1 aromatic rings. The van der Waals surface area contributed by atoms with E-state index in [-0.39, 0.29) is 24.7 Å². The van der Waals surface area contributed by atoms with Crippen molar-refractivity contribution < 1.29 is 14.3 Å². The predicted molar refractivity (Wildman–Crippen MR) is 111 cm³/mol. The summed E-state index contributed by atoms with van der Waals surface area (Å²) in [6.07, 6.45) is 6.70. The maximum absolute atomic E-state index is 12.6. The molecule has 0 spiro atoms. The van der Waals surface area contributed by atoms with Crippen molar-refractivity contribution in [2.24, 2.45) is 0 Å². The number of rotatable bonds is 7. The van der Waals surface area contributed by atoms with Crippen LogP contribution in [0.3, 0.4) is 0 Å². The lowest BCUT2D eigenvalue weighted by Gasteiger charge is -2.30. The molecule has 1 fully saturated rings. The second-order valence-electron chi connectivity index (χ2n) is 7.82. The van der Waals surface area contributed by atoms with E-state index in [1.807, 2.05) is 25.1 Å². The zero-order chi connectivity index (χ0) is 19.8. The first-order chi connectivity index (χ1) is 13.6. The summed E-state index contributed by atoms with van der Waals surface area (Å²) in [5, 5.41) is 2.96. The average molecular weight is 388 g/mol. The zero-order valence-electron chi connectivity index (χ0n) is 17.0. The van der Waals surface area contributed by atoms with E-state index in [2.05, 4.69) is 10.2 Å². The van der Waals surface area contributed by atoms with E-state index in [1.165, 1.54) is 38.8 Å². The minimum atomic E-state index is -0.0399. The average Bonchev–Trinajstić information content (AvgIpc) is 2.97. The van der Waals surface area contributed by atoms with Crippen molar-refractivity contribution >= 4 is 17.5 Å². The van der Waals surface area contributed by atoms with Crippen molar-refractivity contribution in [2.45, 2.75) is 51.9 Å². The first-order valence-corrected chi connectivity index (χ1v) is 10.7. The topological polar surface area (TPSA) is 61.9 Å². The van der Waals surface area contributed by atoms with Gasteiger partial charge in [0.05, 0.1) is 12.2 Å². The number of amides is 2. The number of nitrogens with one attached hydrogen (secondary N) is 1. The van der Waals surface area contributed by atoms with Gasteiger partial charge < -0.3 is 19.9 Å². The molecule has 6 nitrogen and oxygen atoms in total. The summed E-state index contributed by atoms with van der Waals surface area (Å²) in [6, 6.07) is 5.85. The van der Waals surface area contributed by atoms with Crippen LogP contribution in [0, 0.1) is 6.92 Å². The van der Waals surface area contributed by atoms with Crippen LogP contribution in [0.1, 0.15) is 50.5 Å². The normalized spacial score (nSPS) is 17.4. The molecule has 1 saturated heterocycles. The second kappa shape index (κ2) is 10.5. The van der Waals surface area contributed by atoms with E-state index in [0.29, 0.717) is 19.7 Å². The summed E-state index contributed by atoms with van der Waals surface area (Å²) in [5.74, 6) is 0.681. The zero-order valence-corrected chi connectivity index (χ0v) is 17.0. The molecular formula is C22H33N3O3. The number of anilines is 1. The van der Waals surface area contributed by atoms with Crippen LogP contribution in [0.2, 0.25) is 0 Å². The van der Waals surface area contributed by atoms with E-state index in [1.54, 1.807) is 4.90 Å². The Morgan fingerprint density at radius 3 is 2.64 bits per heavy atom. The highest BCUT2D eigenvalue weighted by Gasteiger charge is 2.24. The molecule has 2 amide bonds. The van der Waals surface area contributed by atoms with E-state index in [9.17, 15) is 9.59 Å². The Labute approximate surface area is 168 Å². The van der Waals surface area contributed by atoms with Crippen molar-refractivity contribution in [1.82, 2.24) is 10.2 Å². The molecule has 6 heteroatoms. The van der Waals surface area contributed by atoms with Crippen LogP contribution < -0.4 is 15.0 Å². The molecule has 0 bridgehead atoms. The second-order valence-corrected chi connectivity index (χ2v) is 7.82. The third-order valence-corrected chi connectivity index (χ3v) is 5.52. The highest BCUT2D eigenvalue weighted by molar-refractivity contribution is 5.97. The van der Waals surface area contributed by atoms with Crippen molar-refractivity contribution in [2.75, 3.05) is 44.2 Å². The molecule has 3 rings (SSSR count). The van der Waals surface area contributed by atoms with Crippen LogP contribution in [0.4, 0.5) is 5.69 Å². The number of aryl methyl sites for hydroxylation is 1. The predicted octanol–water partition coefficient (Wildman–Crippen LogP) is 2.88. The Bertz CT molecular complexity index is 669. The lowest BCUT2D eigenvalue weighted by Crippen LogP contribution is -2.38. The van der Waals surface area contributed by atoms with Gasteiger partial charge in [0.2, 0.25) is 11.8 Å². The van der Waals surface area contributed by atoms with E-state index < -0.39 is 0 Å². The summed E-state index contributed by atoms with van der Waals surface area (Å²) in [6.45, 7) is 7.12. The van der Waals surface area contributed by atoms with Gasteiger partial charge in [0.25, 0.3) is 0 Å². The van der Waals surface area contributed by atoms with Crippen molar-refractivity contribution in [3.63, 3.8) is 0 Å². The van der Waals surface area contributed by atoms with E-state index >= 15 is 0 Å². The van der Waals surface area contributed by atoms with Gasteiger partial charge in [0.1, 0.15) is 12.4 Å². The van der Waals surface area contributed by atoms with Crippen LogP contribution in [0.5, 0.6) is 5.75 Å². The van der Waals surface area contributed by atoms with Gasteiger partial charge in [0, 0.05) is 19.4 Å². The van der Waals surface area contributed by atoms with Gasteiger partial charge >= 0.3 is 0 Å².